The van der Waals surface area contributed by atoms with Gasteiger partial charge in [-0.05, 0) is 38.0 Å². The van der Waals surface area contributed by atoms with Gasteiger partial charge in [0.1, 0.15) is 0 Å². The van der Waals surface area contributed by atoms with Crippen LogP contribution in [0.5, 0.6) is 0 Å². The third-order valence-electron chi connectivity index (χ3n) is 3.63. The van der Waals surface area contributed by atoms with Crippen LogP contribution in [0.4, 0.5) is 5.69 Å². The van der Waals surface area contributed by atoms with Gasteiger partial charge in [0.05, 0.1) is 18.1 Å². The number of nitrogens with one attached hydrogen (secondary N) is 1. The molecule has 1 heterocycles. The molecule has 0 saturated carbocycles. The summed E-state index contributed by atoms with van der Waals surface area (Å²) in [7, 11) is 0. The van der Waals surface area contributed by atoms with Gasteiger partial charge in [-0.2, -0.15) is 0 Å². The Labute approximate surface area is 108 Å². The summed E-state index contributed by atoms with van der Waals surface area (Å²) in [5.41, 5.74) is 7.06. The van der Waals surface area contributed by atoms with Gasteiger partial charge < -0.3 is 15.8 Å². The second-order valence-corrected chi connectivity index (χ2v) is 5.15. The van der Waals surface area contributed by atoms with Crippen molar-refractivity contribution in [2.24, 2.45) is 0 Å². The number of carbonyl (C=O) groups excluding carboxylic acids is 1. The topological polar surface area (TPSA) is 64.3 Å². The van der Waals surface area contributed by atoms with Crippen molar-refractivity contribution in [2.75, 3.05) is 12.3 Å². The van der Waals surface area contributed by atoms with E-state index in [0.717, 1.165) is 12.0 Å². The normalized spacial score (nSPS) is 27.1. The van der Waals surface area contributed by atoms with E-state index in [0.29, 0.717) is 18.7 Å². The molecule has 0 aliphatic carbocycles. The standard InChI is InChI=1S/C14H20N2O2/c1-10-14(2,6-7-18-10)16-13(17)9-11-4-3-5-12(15)8-11/h3-5,8,10H,6-7,9,15H2,1-2H3,(H,16,17). The molecule has 2 atom stereocenters. The number of carbonyl (C=O) groups is 1. The van der Waals surface area contributed by atoms with Gasteiger partial charge in [0.25, 0.3) is 0 Å². The Morgan fingerprint density at radius 3 is 3.00 bits per heavy atom. The quantitative estimate of drug-likeness (QED) is 0.797. The van der Waals surface area contributed by atoms with Crippen LogP contribution in [0.15, 0.2) is 24.3 Å². The minimum Gasteiger partial charge on any atom is -0.399 e. The van der Waals surface area contributed by atoms with Gasteiger partial charge in [-0.1, -0.05) is 12.1 Å². The van der Waals surface area contributed by atoms with Crippen LogP contribution in [0.3, 0.4) is 0 Å². The van der Waals surface area contributed by atoms with Gasteiger partial charge in [-0.15, -0.1) is 0 Å². The van der Waals surface area contributed by atoms with Crippen LogP contribution in [-0.2, 0) is 16.0 Å². The molecule has 1 saturated heterocycles. The van der Waals surface area contributed by atoms with E-state index in [1.165, 1.54) is 0 Å². The average molecular weight is 248 g/mol. The number of rotatable bonds is 3. The lowest BCUT2D eigenvalue weighted by Crippen LogP contribution is -2.51. The Morgan fingerprint density at radius 1 is 1.61 bits per heavy atom. The van der Waals surface area contributed by atoms with Crippen molar-refractivity contribution in [3.63, 3.8) is 0 Å². The molecule has 1 amide bonds. The van der Waals surface area contributed by atoms with Crippen molar-refractivity contribution in [1.29, 1.82) is 0 Å². The highest BCUT2D eigenvalue weighted by Gasteiger charge is 2.38. The van der Waals surface area contributed by atoms with Gasteiger partial charge in [-0.3, -0.25) is 4.79 Å². The predicted molar refractivity (Wildman–Crippen MR) is 71.1 cm³/mol. The summed E-state index contributed by atoms with van der Waals surface area (Å²) in [5.74, 6) is 0.0143. The van der Waals surface area contributed by atoms with E-state index in [1.807, 2.05) is 38.1 Å². The Morgan fingerprint density at radius 2 is 2.39 bits per heavy atom. The summed E-state index contributed by atoms with van der Waals surface area (Å²) in [6, 6.07) is 7.42. The highest BCUT2D eigenvalue weighted by atomic mass is 16.5. The first-order chi connectivity index (χ1) is 8.49. The van der Waals surface area contributed by atoms with E-state index in [9.17, 15) is 4.79 Å². The van der Waals surface area contributed by atoms with E-state index in [4.69, 9.17) is 10.5 Å². The molecule has 0 spiro atoms. The fraction of sp³-hybridized carbons (Fsp3) is 0.500. The number of hydrogen-bond donors (Lipinski definition) is 2. The summed E-state index contributed by atoms with van der Waals surface area (Å²) in [4.78, 5) is 12.0. The van der Waals surface area contributed by atoms with Crippen molar-refractivity contribution in [2.45, 2.75) is 38.3 Å². The highest BCUT2D eigenvalue weighted by molar-refractivity contribution is 5.79. The smallest absolute Gasteiger partial charge is 0.224 e. The number of anilines is 1. The number of benzene rings is 1. The number of hydrogen-bond acceptors (Lipinski definition) is 3. The van der Waals surface area contributed by atoms with E-state index >= 15 is 0 Å². The zero-order chi connectivity index (χ0) is 13.2. The molecule has 1 aromatic rings. The Bertz CT molecular complexity index is 447. The zero-order valence-electron chi connectivity index (χ0n) is 10.9. The van der Waals surface area contributed by atoms with Crippen LogP contribution in [0, 0.1) is 0 Å². The van der Waals surface area contributed by atoms with Crippen molar-refractivity contribution in [1.82, 2.24) is 5.32 Å². The molecule has 1 aliphatic rings. The van der Waals surface area contributed by atoms with Crippen LogP contribution >= 0.6 is 0 Å². The molecule has 1 aliphatic heterocycles. The molecule has 1 aromatic carbocycles. The lowest BCUT2D eigenvalue weighted by Gasteiger charge is -2.28. The molecule has 18 heavy (non-hydrogen) atoms. The molecule has 2 unspecified atom stereocenters. The Balaban J connectivity index is 1.97. The number of nitrogen functional groups attached to an aromatic ring is 1. The minimum atomic E-state index is -0.253. The van der Waals surface area contributed by atoms with Crippen molar-refractivity contribution >= 4 is 11.6 Å². The second-order valence-electron chi connectivity index (χ2n) is 5.15. The fourth-order valence-corrected chi connectivity index (χ4v) is 2.25. The first-order valence-corrected chi connectivity index (χ1v) is 6.27. The SMILES string of the molecule is CC1OCCC1(C)NC(=O)Cc1cccc(N)c1. The maximum atomic E-state index is 12.0. The van der Waals surface area contributed by atoms with Gasteiger partial charge >= 0.3 is 0 Å². The van der Waals surface area contributed by atoms with Crippen molar-refractivity contribution < 1.29 is 9.53 Å². The fourth-order valence-electron chi connectivity index (χ4n) is 2.25. The van der Waals surface area contributed by atoms with Gasteiger partial charge in [0.15, 0.2) is 0 Å². The average Bonchev–Trinajstić information content (AvgIpc) is 2.58. The third kappa shape index (κ3) is 2.82. The summed E-state index contributed by atoms with van der Waals surface area (Å²) >= 11 is 0. The van der Waals surface area contributed by atoms with Gasteiger partial charge in [0.2, 0.25) is 5.91 Å². The second kappa shape index (κ2) is 4.98. The van der Waals surface area contributed by atoms with Crippen molar-refractivity contribution in [3.8, 4) is 0 Å². The van der Waals surface area contributed by atoms with Crippen molar-refractivity contribution in [3.05, 3.63) is 29.8 Å². The summed E-state index contributed by atoms with van der Waals surface area (Å²) in [6.07, 6.45) is 1.27. The van der Waals surface area contributed by atoms with E-state index < -0.39 is 0 Å². The first kappa shape index (κ1) is 12.9. The van der Waals surface area contributed by atoms with E-state index in [-0.39, 0.29) is 17.6 Å². The zero-order valence-corrected chi connectivity index (χ0v) is 10.9. The molecular weight excluding hydrogens is 228 g/mol. The number of ether oxygens (including phenoxy) is 1. The van der Waals surface area contributed by atoms with Gasteiger partial charge in [0, 0.05) is 12.3 Å². The molecule has 0 bridgehead atoms. The lowest BCUT2D eigenvalue weighted by molar-refractivity contribution is -0.122. The summed E-state index contributed by atoms with van der Waals surface area (Å²) < 4.78 is 5.50. The third-order valence-corrected chi connectivity index (χ3v) is 3.63. The molecule has 4 nitrogen and oxygen atoms in total. The monoisotopic (exact) mass is 248 g/mol. The molecular formula is C14H20N2O2. The van der Waals surface area contributed by atoms with Crippen LogP contribution in [0.25, 0.3) is 0 Å². The van der Waals surface area contributed by atoms with Crippen LogP contribution in [0.2, 0.25) is 0 Å². The maximum absolute atomic E-state index is 12.0. The highest BCUT2D eigenvalue weighted by Crippen LogP contribution is 2.25. The van der Waals surface area contributed by atoms with Crippen LogP contribution in [0.1, 0.15) is 25.8 Å². The van der Waals surface area contributed by atoms with E-state index in [1.54, 1.807) is 0 Å². The van der Waals surface area contributed by atoms with E-state index in [2.05, 4.69) is 5.32 Å². The lowest BCUT2D eigenvalue weighted by atomic mass is 9.94. The molecule has 3 N–H and O–H groups in total. The number of nitrogens with two attached hydrogens (primary N) is 1. The van der Waals surface area contributed by atoms with Crippen LogP contribution in [-0.4, -0.2) is 24.2 Å². The molecule has 0 radical (unpaired) electrons. The Kier molecular flexibility index (Phi) is 3.57. The molecule has 4 heteroatoms. The number of amides is 1. The van der Waals surface area contributed by atoms with Gasteiger partial charge in [-0.25, -0.2) is 0 Å². The largest absolute Gasteiger partial charge is 0.399 e. The molecule has 2 rings (SSSR count). The molecule has 0 aromatic heterocycles. The minimum absolute atomic E-state index is 0.0143. The maximum Gasteiger partial charge on any atom is 0.224 e. The summed E-state index contributed by atoms with van der Waals surface area (Å²) in [5, 5.41) is 3.07. The molecule has 98 valence electrons. The predicted octanol–water partition coefficient (Wildman–Crippen LogP) is 1.49. The molecule has 1 fully saturated rings. The van der Waals surface area contributed by atoms with Crippen LogP contribution < -0.4 is 11.1 Å². The summed E-state index contributed by atoms with van der Waals surface area (Å²) in [6.45, 7) is 4.73. The first-order valence-electron chi connectivity index (χ1n) is 6.27. The Hall–Kier alpha value is -1.55.